The van der Waals surface area contributed by atoms with Gasteiger partial charge >= 0.3 is 7.60 Å². The van der Waals surface area contributed by atoms with E-state index in [-0.39, 0.29) is 11.7 Å². The summed E-state index contributed by atoms with van der Waals surface area (Å²) >= 11 is 0. The van der Waals surface area contributed by atoms with Gasteiger partial charge in [-0.3, -0.25) is 9.36 Å². The van der Waals surface area contributed by atoms with Crippen LogP contribution in [0.5, 0.6) is 0 Å². The summed E-state index contributed by atoms with van der Waals surface area (Å²) in [7, 11) is -4.22. The molecule has 0 aromatic rings. The number of ketones is 1. The highest BCUT2D eigenvalue weighted by Crippen LogP contribution is 2.35. The molecule has 0 saturated carbocycles. The lowest BCUT2D eigenvalue weighted by molar-refractivity contribution is -0.120. The highest BCUT2D eigenvalue weighted by Gasteiger charge is 2.22. The van der Waals surface area contributed by atoms with E-state index in [1.165, 1.54) is 11.1 Å². The predicted molar refractivity (Wildman–Crippen MR) is 82.7 cm³/mol. The van der Waals surface area contributed by atoms with Gasteiger partial charge in [0, 0.05) is 5.92 Å². The molecular formula is C15H27O4P. The Morgan fingerprint density at radius 2 is 1.75 bits per heavy atom. The Morgan fingerprint density at radius 3 is 2.25 bits per heavy atom. The Morgan fingerprint density at radius 1 is 1.15 bits per heavy atom. The minimum absolute atomic E-state index is 0.301. The smallest absolute Gasteiger partial charge is 0.324 e. The molecule has 0 bridgehead atoms. The van der Waals surface area contributed by atoms with E-state index in [0.29, 0.717) is 6.42 Å². The SMILES string of the molecule is CC(C)=CCCC(C)=CCCC(C)C(=O)CP(=O)(O)O. The first-order valence-corrected chi connectivity index (χ1v) is 8.78. The van der Waals surface area contributed by atoms with Crippen LogP contribution >= 0.6 is 7.60 Å². The van der Waals surface area contributed by atoms with Crippen molar-refractivity contribution in [1.29, 1.82) is 0 Å². The number of hydrogen-bond acceptors (Lipinski definition) is 2. The third-order valence-electron chi connectivity index (χ3n) is 3.10. The summed E-state index contributed by atoms with van der Waals surface area (Å²) < 4.78 is 10.8. The van der Waals surface area contributed by atoms with Crippen molar-refractivity contribution < 1.29 is 19.1 Å². The Bertz CT molecular complexity index is 414. The monoisotopic (exact) mass is 302 g/mol. The summed E-state index contributed by atoms with van der Waals surface area (Å²) in [6.07, 6.45) is 7.11. The van der Waals surface area contributed by atoms with Gasteiger partial charge in [-0.25, -0.2) is 0 Å². The summed E-state index contributed by atoms with van der Waals surface area (Å²) in [6, 6.07) is 0. The molecule has 0 saturated heterocycles. The van der Waals surface area contributed by atoms with Crippen molar-refractivity contribution in [2.45, 2.75) is 53.4 Å². The van der Waals surface area contributed by atoms with Gasteiger partial charge in [0.1, 0.15) is 11.9 Å². The minimum atomic E-state index is -4.22. The molecule has 0 rings (SSSR count). The fourth-order valence-corrected chi connectivity index (χ4v) is 2.51. The van der Waals surface area contributed by atoms with Crippen LogP contribution in [0.1, 0.15) is 53.4 Å². The van der Waals surface area contributed by atoms with Crippen molar-refractivity contribution in [3.8, 4) is 0 Å². The molecule has 0 fully saturated rings. The molecule has 4 nitrogen and oxygen atoms in total. The summed E-state index contributed by atoms with van der Waals surface area (Å²) in [4.78, 5) is 29.1. The van der Waals surface area contributed by atoms with E-state index in [9.17, 15) is 9.36 Å². The van der Waals surface area contributed by atoms with Gasteiger partial charge in [0.2, 0.25) is 0 Å². The molecule has 0 amide bonds. The summed E-state index contributed by atoms with van der Waals surface area (Å²) in [5.41, 5.74) is 2.60. The normalized spacial score (nSPS) is 14.0. The van der Waals surface area contributed by atoms with Crippen molar-refractivity contribution in [3.05, 3.63) is 23.3 Å². The van der Waals surface area contributed by atoms with Gasteiger partial charge in [-0.15, -0.1) is 0 Å². The maximum atomic E-state index is 11.6. The highest BCUT2D eigenvalue weighted by atomic mass is 31.2. The number of carbonyl (C=O) groups excluding carboxylic acids is 1. The number of allylic oxidation sites excluding steroid dienone is 4. The van der Waals surface area contributed by atoms with Crippen LogP contribution in [0.4, 0.5) is 0 Å². The van der Waals surface area contributed by atoms with Gasteiger partial charge in [0.05, 0.1) is 0 Å². The third kappa shape index (κ3) is 11.2. The van der Waals surface area contributed by atoms with E-state index >= 15 is 0 Å². The molecular weight excluding hydrogens is 275 g/mol. The van der Waals surface area contributed by atoms with Crippen LogP contribution in [0.2, 0.25) is 0 Å². The van der Waals surface area contributed by atoms with Crippen molar-refractivity contribution in [2.75, 3.05) is 6.16 Å². The Balaban J connectivity index is 4.06. The van der Waals surface area contributed by atoms with E-state index in [0.717, 1.165) is 19.3 Å². The van der Waals surface area contributed by atoms with Crippen LogP contribution in [0.25, 0.3) is 0 Å². The maximum Gasteiger partial charge on any atom is 0.332 e. The fraction of sp³-hybridized carbons (Fsp3) is 0.667. The van der Waals surface area contributed by atoms with Crippen LogP contribution in [-0.2, 0) is 9.36 Å². The van der Waals surface area contributed by atoms with Crippen molar-refractivity contribution in [2.24, 2.45) is 5.92 Å². The molecule has 0 radical (unpaired) electrons. The quantitative estimate of drug-likeness (QED) is 0.501. The van der Waals surface area contributed by atoms with Crippen LogP contribution < -0.4 is 0 Å². The summed E-state index contributed by atoms with van der Waals surface area (Å²) in [6.45, 7) is 7.95. The second kappa shape index (κ2) is 9.28. The average Bonchev–Trinajstić information content (AvgIpc) is 2.25. The molecule has 2 N–H and O–H groups in total. The van der Waals surface area contributed by atoms with Crippen LogP contribution in [0.15, 0.2) is 23.3 Å². The van der Waals surface area contributed by atoms with E-state index in [1.807, 2.05) is 0 Å². The standard InChI is InChI=1S/C15H27O4P/c1-12(2)7-5-8-13(3)9-6-10-14(4)15(16)11-20(17,18)19/h7,9,14H,5-6,8,10-11H2,1-4H3,(H2,17,18,19). The molecule has 20 heavy (non-hydrogen) atoms. The first-order valence-electron chi connectivity index (χ1n) is 6.98. The minimum Gasteiger partial charge on any atom is -0.324 e. The topological polar surface area (TPSA) is 74.6 Å². The highest BCUT2D eigenvalue weighted by molar-refractivity contribution is 7.52. The lowest BCUT2D eigenvalue weighted by Crippen LogP contribution is -2.15. The Hall–Kier alpha value is -0.700. The summed E-state index contributed by atoms with van der Waals surface area (Å²) in [5.74, 6) is -0.654. The molecule has 0 spiro atoms. The van der Waals surface area contributed by atoms with E-state index in [1.54, 1.807) is 6.92 Å². The maximum absolute atomic E-state index is 11.6. The number of rotatable bonds is 9. The van der Waals surface area contributed by atoms with E-state index < -0.39 is 13.8 Å². The number of hydrogen-bond donors (Lipinski definition) is 2. The zero-order valence-corrected chi connectivity index (χ0v) is 13.8. The molecule has 1 atom stereocenters. The zero-order valence-electron chi connectivity index (χ0n) is 12.9. The van der Waals surface area contributed by atoms with E-state index in [4.69, 9.17) is 9.79 Å². The Kier molecular flexibility index (Phi) is 8.95. The predicted octanol–water partition coefficient (Wildman–Crippen LogP) is 3.84. The molecule has 0 aliphatic rings. The second-order valence-electron chi connectivity index (χ2n) is 5.64. The van der Waals surface area contributed by atoms with Gasteiger partial charge in [-0.05, 0) is 46.5 Å². The fourth-order valence-electron chi connectivity index (χ4n) is 1.79. The van der Waals surface area contributed by atoms with Crippen molar-refractivity contribution in [1.82, 2.24) is 0 Å². The van der Waals surface area contributed by atoms with Crippen LogP contribution in [0.3, 0.4) is 0 Å². The van der Waals surface area contributed by atoms with Crippen molar-refractivity contribution >= 4 is 13.4 Å². The first-order chi connectivity index (χ1) is 9.11. The number of carbonyl (C=O) groups is 1. The largest absolute Gasteiger partial charge is 0.332 e. The number of Topliss-reactive ketones (excluding diaryl/α,β-unsaturated/α-hetero) is 1. The molecule has 0 aliphatic carbocycles. The molecule has 1 unspecified atom stereocenters. The average molecular weight is 302 g/mol. The third-order valence-corrected chi connectivity index (χ3v) is 3.82. The molecule has 0 aromatic carbocycles. The first kappa shape index (κ1) is 19.3. The Labute approximate surface area is 122 Å². The molecule has 0 heterocycles. The lowest BCUT2D eigenvalue weighted by atomic mass is 10.00. The van der Waals surface area contributed by atoms with Gasteiger partial charge in [0.15, 0.2) is 0 Å². The lowest BCUT2D eigenvalue weighted by Gasteiger charge is -2.10. The van der Waals surface area contributed by atoms with Crippen LogP contribution in [0, 0.1) is 5.92 Å². The van der Waals surface area contributed by atoms with Crippen molar-refractivity contribution in [3.63, 3.8) is 0 Å². The zero-order chi connectivity index (χ0) is 15.8. The van der Waals surface area contributed by atoms with Gasteiger partial charge in [0.25, 0.3) is 0 Å². The molecule has 116 valence electrons. The van der Waals surface area contributed by atoms with Crippen LogP contribution in [-0.4, -0.2) is 21.7 Å². The molecule has 5 heteroatoms. The van der Waals surface area contributed by atoms with E-state index in [2.05, 4.69) is 32.9 Å². The van der Waals surface area contributed by atoms with Gasteiger partial charge < -0.3 is 9.79 Å². The summed E-state index contributed by atoms with van der Waals surface area (Å²) in [5, 5.41) is 0. The van der Waals surface area contributed by atoms with Gasteiger partial charge in [-0.1, -0.05) is 30.2 Å². The molecule has 0 aliphatic heterocycles. The second-order valence-corrected chi connectivity index (χ2v) is 7.28. The van der Waals surface area contributed by atoms with Gasteiger partial charge in [-0.2, -0.15) is 0 Å². The molecule has 0 aromatic heterocycles.